The fraction of sp³-hybridized carbons (Fsp3) is 0.538. The van der Waals surface area contributed by atoms with E-state index in [1.807, 2.05) is 19.1 Å². The van der Waals surface area contributed by atoms with E-state index in [9.17, 15) is 4.79 Å². The zero-order valence-corrected chi connectivity index (χ0v) is 10.6. The van der Waals surface area contributed by atoms with Crippen LogP contribution in [0.15, 0.2) is 18.3 Å². The normalized spacial score (nSPS) is 14.1. The van der Waals surface area contributed by atoms with Gasteiger partial charge in [-0.25, -0.2) is 4.98 Å². The molecule has 1 aromatic heterocycles. The number of ether oxygens (including phenoxy) is 1. The SMILES string of the molecule is CCOc1ccc(NCCC(=O)NC2CC2)cn1. The molecule has 0 bridgehead atoms. The topological polar surface area (TPSA) is 63.2 Å². The first kappa shape index (κ1) is 12.7. The highest BCUT2D eigenvalue weighted by Gasteiger charge is 2.22. The molecule has 2 N–H and O–H groups in total. The molecule has 1 heterocycles. The number of anilines is 1. The first-order chi connectivity index (χ1) is 8.78. The van der Waals surface area contributed by atoms with Gasteiger partial charge in [0.25, 0.3) is 0 Å². The van der Waals surface area contributed by atoms with Crippen LogP contribution in [0.3, 0.4) is 0 Å². The van der Waals surface area contributed by atoms with Crippen molar-refractivity contribution in [2.24, 2.45) is 0 Å². The van der Waals surface area contributed by atoms with Crippen LogP contribution in [0, 0.1) is 0 Å². The van der Waals surface area contributed by atoms with Gasteiger partial charge in [0, 0.05) is 25.1 Å². The van der Waals surface area contributed by atoms with Crippen molar-refractivity contribution < 1.29 is 9.53 Å². The van der Waals surface area contributed by atoms with Gasteiger partial charge in [-0.05, 0) is 25.8 Å². The van der Waals surface area contributed by atoms with Crippen LogP contribution < -0.4 is 15.4 Å². The van der Waals surface area contributed by atoms with E-state index in [4.69, 9.17) is 4.74 Å². The number of pyridine rings is 1. The molecule has 1 saturated carbocycles. The molecule has 2 rings (SSSR count). The van der Waals surface area contributed by atoms with Crippen LogP contribution in [0.2, 0.25) is 0 Å². The second kappa shape index (κ2) is 6.23. The van der Waals surface area contributed by atoms with Crippen molar-refractivity contribution in [1.82, 2.24) is 10.3 Å². The molecule has 0 spiro atoms. The van der Waals surface area contributed by atoms with Crippen molar-refractivity contribution in [2.45, 2.75) is 32.2 Å². The van der Waals surface area contributed by atoms with Gasteiger partial charge in [0.2, 0.25) is 11.8 Å². The van der Waals surface area contributed by atoms with E-state index < -0.39 is 0 Å². The first-order valence-corrected chi connectivity index (χ1v) is 6.40. The van der Waals surface area contributed by atoms with Gasteiger partial charge in [0.15, 0.2) is 0 Å². The van der Waals surface area contributed by atoms with E-state index in [1.165, 1.54) is 0 Å². The summed E-state index contributed by atoms with van der Waals surface area (Å²) < 4.78 is 5.25. The smallest absolute Gasteiger partial charge is 0.221 e. The first-order valence-electron chi connectivity index (χ1n) is 6.40. The summed E-state index contributed by atoms with van der Waals surface area (Å²) in [6.07, 6.45) is 4.46. The van der Waals surface area contributed by atoms with Crippen molar-refractivity contribution in [2.75, 3.05) is 18.5 Å². The van der Waals surface area contributed by atoms with Crippen LogP contribution in [0.5, 0.6) is 5.88 Å². The van der Waals surface area contributed by atoms with Crippen molar-refractivity contribution in [3.05, 3.63) is 18.3 Å². The Balaban J connectivity index is 1.67. The summed E-state index contributed by atoms with van der Waals surface area (Å²) in [5.74, 6) is 0.735. The molecule has 5 heteroatoms. The van der Waals surface area contributed by atoms with E-state index in [-0.39, 0.29) is 5.91 Å². The fourth-order valence-corrected chi connectivity index (χ4v) is 1.57. The zero-order valence-electron chi connectivity index (χ0n) is 10.6. The van der Waals surface area contributed by atoms with Gasteiger partial charge in [-0.1, -0.05) is 0 Å². The average Bonchev–Trinajstić information content (AvgIpc) is 3.16. The number of carbonyl (C=O) groups excluding carboxylic acids is 1. The summed E-state index contributed by atoms with van der Waals surface area (Å²) >= 11 is 0. The summed E-state index contributed by atoms with van der Waals surface area (Å²) in [5.41, 5.74) is 0.901. The van der Waals surface area contributed by atoms with Crippen LogP contribution >= 0.6 is 0 Å². The van der Waals surface area contributed by atoms with Gasteiger partial charge >= 0.3 is 0 Å². The summed E-state index contributed by atoms with van der Waals surface area (Å²) in [7, 11) is 0. The van der Waals surface area contributed by atoms with Gasteiger partial charge in [-0.3, -0.25) is 4.79 Å². The zero-order chi connectivity index (χ0) is 12.8. The molecule has 1 aliphatic rings. The molecular weight excluding hydrogens is 230 g/mol. The lowest BCUT2D eigenvalue weighted by Crippen LogP contribution is -2.27. The predicted octanol–water partition coefficient (Wildman–Crippen LogP) is 1.56. The monoisotopic (exact) mass is 249 g/mol. The molecule has 0 saturated heterocycles. The van der Waals surface area contributed by atoms with Gasteiger partial charge in [-0.2, -0.15) is 0 Å². The predicted molar refractivity (Wildman–Crippen MR) is 69.7 cm³/mol. The molecule has 1 aliphatic carbocycles. The Bertz CT molecular complexity index is 388. The number of rotatable bonds is 7. The van der Waals surface area contributed by atoms with E-state index in [1.54, 1.807) is 6.20 Å². The van der Waals surface area contributed by atoms with Gasteiger partial charge in [-0.15, -0.1) is 0 Å². The summed E-state index contributed by atoms with van der Waals surface area (Å²) in [6, 6.07) is 4.15. The van der Waals surface area contributed by atoms with E-state index >= 15 is 0 Å². The molecule has 5 nitrogen and oxygen atoms in total. The van der Waals surface area contributed by atoms with Crippen molar-refractivity contribution in [3.63, 3.8) is 0 Å². The number of carbonyl (C=O) groups is 1. The summed E-state index contributed by atoms with van der Waals surface area (Å²) in [6.45, 7) is 3.15. The minimum absolute atomic E-state index is 0.115. The highest BCUT2D eigenvalue weighted by molar-refractivity contribution is 5.77. The highest BCUT2D eigenvalue weighted by Crippen LogP contribution is 2.18. The fourth-order valence-electron chi connectivity index (χ4n) is 1.57. The second-order valence-electron chi connectivity index (χ2n) is 4.34. The molecule has 0 aliphatic heterocycles. The van der Waals surface area contributed by atoms with Crippen molar-refractivity contribution in [3.8, 4) is 5.88 Å². The number of amides is 1. The molecule has 0 unspecified atom stereocenters. The maximum Gasteiger partial charge on any atom is 0.221 e. The number of nitrogens with one attached hydrogen (secondary N) is 2. The molecule has 0 radical (unpaired) electrons. The highest BCUT2D eigenvalue weighted by atomic mass is 16.5. The van der Waals surface area contributed by atoms with E-state index in [0.717, 1.165) is 18.5 Å². The third kappa shape index (κ3) is 4.24. The number of hydrogen-bond acceptors (Lipinski definition) is 4. The van der Waals surface area contributed by atoms with Gasteiger partial charge in [0.1, 0.15) is 0 Å². The molecule has 1 fully saturated rings. The molecule has 98 valence electrons. The summed E-state index contributed by atoms with van der Waals surface area (Å²) in [5, 5.41) is 6.11. The van der Waals surface area contributed by atoms with Crippen LogP contribution in [0.25, 0.3) is 0 Å². The standard InChI is InChI=1S/C13H19N3O2/c1-2-18-13-6-5-11(9-15-13)14-8-7-12(17)16-10-3-4-10/h5-6,9-10,14H,2-4,7-8H2,1H3,(H,16,17). The minimum Gasteiger partial charge on any atom is -0.478 e. The van der Waals surface area contributed by atoms with Crippen LogP contribution in [0.1, 0.15) is 26.2 Å². The molecule has 1 amide bonds. The summed E-state index contributed by atoms with van der Waals surface area (Å²) in [4.78, 5) is 15.6. The van der Waals surface area contributed by atoms with Crippen molar-refractivity contribution in [1.29, 1.82) is 0 Å². The number of aromatic nitrogens is 1. The van der Waals surface area contributed by atoms with Crippen molar-refractivity contribution >= 4 is 11.6 Å². The lowest BCUT2D eigenvalue weighted by molar-refractivity contribution is -0.120. The van der Waals surface area contributed by atoms with Gasteiger partial charge in [0.05, 0.1) is 18.5 Å². The number of hydrogen-bond donors (Lipinski definition) is 2. The van der Waals surface area contributed by atoms with Gasteiger partial charge < -0.3 is 15.4 Å². The third-order valence-electron chi connectivity index (χ3n) is 2.65. The van der Waals surface area contributed by atoms with Crippen LogP contribution in [0.4, 0.5) is 5.69 Å². The lowest BCUT2D eigenvalue weighted by atomic mass is 10.3. The van der Waals surface area contributed by atoms with Crippen LogP contribution in [-0.4, -0.2) is 30.1 Å². The maximum absolute atomic E-state index is 11.4. The Labute approximate surface area is 107 Å². The lowest BCUT2D eigenvalue weighted by Gasteiger charge is -2.07. The second-order valence-corrected chi connectivity index (χ2v) is 4.34. The molecule has 18 heavy (non-hydrogen) atoms. The molecule has 1 aromatic rings. The Morgan fingerprint density at radius 1 is 1.50 bits per heavy atom. The maximum atomic E-state index is 11.4. The Hall–Kier alpha value is -1.78. The minimum atomic E-state index is 0.115. The number of nitrogens with zero attached hydrogens (tertiary/aromatic N) is 1. The molecular formula is C13H19N3O2. The molecule has 0 aromatic carbocycles. The Morgan fingerprint density at radius 3 is 2.94 bits per heavy atom. The van der Waals surface area contributed by atoms with Crippen LogP contribution in [-0.2, 0) is 4.79 Å². The Morgan fingerprint density at radius 2 is 2.33 bits per heavy atom. The third-order valence-corrected chi connectivity index (χ3v) is 2.65. The Kier molecular flexibility index (Phi) is 4.39. The quantitative estimate of drug-likeness (QED) is 0.769. The molecule has 0 atom stereocenters. The average molecular weight is 249 g/mol. The largest absolute Gasteiger partial charge is 0.478 e. The van der Waals surface area contributed by atoms with E-state index in [2.05, 4.69) is 15.6 Å². The van der Waals surface area contributed by atoms with E-state index in [0.29, 0.717) is 31.5 Å².